The van der Waals surface area contributed by atoms with Gasteiger partial charge in [0.25, 0.3) is 0 Å². The number of nitrogens with one attached hydrogen (secondary N) is 1. The number of aromatic nitrogens is 2. The first kappa shape index (κ1) is 19.5. The molecule has 0 saturated carbocycles. The van der Waals surface area contributed by atoms with E-state index in [0.717, 1.165) is 16.7 Å². The second kappa shape index (κ2) is 8.26. The third-order valence-electron chi connectivity index (χ3n) is 4.42. The van der Waals surface area contributed by atoms with Crippen LogP contribution in [-0.2, 0) is 11.3 Å². The molecule has 0 aliphatic carbocycles. The summed E-state index contributed by atoms with van der Waals surface area (Å²) in [4.78, 5) is 27.5. The first-order valence-electron chi connectivity index (χ1n) is 8.99. The normalized spacial score (nSPS) is 10.7. The van der Waals surface area contributed by atoms with Gasteiger partial charge in [0.2, 0.25) is 0 Å². The fourth-order valence-electron chi connectivity index (χ4n) is 3.02. The maximum Gasteiger partial charge on any atom is 0.411 e. The van der Waals surface area contributed by atoms with E-state index in [1.54, 1.807) is 36.5 Å². The van der Waals surface area contributed by atoms with Crippen LogP contribution in [-0.4, -0.2) is 26.6 Å². The topological polar surface area (TPSA) is 92.9 Å². The lowest BCUT2D eigenvalue weighted by molar-refractivity contribution is 0.0689. The molecule has 2 aromatic carbocycles. The largest absolute Gasteiger partial charge is 0.477 e. The molecule has 4 rings (SSSR count). The Morgan fingerprint density at radius 1 is 1.07 bits per heavy atom. The highest BCUT2D eigenvalue weighted by atomic mass is 35.5. The summed E-state index contributed by atoms with van der Waals surface area (Å²) >= 11 is 6.23. The van der Waals surface area contributed by atoms with Crippen molar-refractivity contribution in [3.8, 4) is 11.1 Å². The number of anilines is 1. The number of benzene rings is 2. The predicted molar refractivity (Wildman–Crippen MR) is 113 cm³/mol. The Morgan fingerprint density at radius 3 is 2.63 bits per heavy atom. The number of carbonyl (C=O) groups excluding carboxylic acids is 1. The molecule has 2 N–H and O–H groups in total. The number of hydrogen-bond acceptors (Lipinski definition) is 4. The molecule has 150 valence electrons. The van der Waals surface area contributed by atoms with Crippen LogP contribution in [0.2, 0.25) is 5.02 Å². The van der Waals surface area contributed by atoms with Crippen molar-refractivity contribution in [2.75, 3.05) is 5.32 Å². The molecule has 0 unspecified atom stereocenters. The molecule has 0 aliphatic rings. The van der Waals surface area contributed by atoms with Gasteiger partial charge in [-0.3, -0.25) is 9.72 Å². The highest BCUT2D eigenvalue weighted by Gasteiger charge is 2.12. The van der Waals surface area contributed by atoms with Crippen LogP contribution in [0.5, 0.6) is 0 Å². The molecule has 4 aromatic rings. The minimum absolute atomic E-state index is 0.0751. The molecule has 0 atom stereocenters. The van der Waals surface area contributed by atoms with Gasteiger partial charge in [0.15, 0.2) is 5.69 Å². The van der Waals surface area contributed by atoms with Crippen molar-refractivity contribution in [1.82, 2.24) is 9.38 Å². The number of pyridine rings is 1. The Labute approximate surface area is 176 Å². The van der Waals surface area contributed by atoms with Crippen molar-refractivity contribution >= 4 is 35.0 Å². The van der Waals surface area contributed by atoms with Gasteiger partial charge in [0, 0.05) is 16.9 Å². The molecule has 0 saturated heterocycles. The van der Waals surface area contributed by atoms with E-state index in [0.29, 0.717) is 16.4 Å². The summed E-state index contributed by atoms with van der Waals surface area (Å²) in [5, 5.41) is 12.3. The number of carbonyl (C=O) groups is 2. The number of fused-ring (bicyclic) bond motifs is 1. The predicted octanol–water partition coefficient (Wildman–Crippen LogP) is 5.10. The minimum Gasteiger partial charge on any atom is -0.477 e. The van der Waals surface area contributed by atoms with E-state index < -0.39 is 12.1 Å². The number of imidazole rings is 1. The third kappa shape index (κ3) is 4.26. The van der Waals surface area contributed by atoms with Crippen LogP contribution in [0.3, 0.4) is 0 Å². The highest BCUT2D eigenvalue weighted by molar-refractivity contribution is 6.31. The molecule has 1 amide bonds. The Bertz CT molecular complexity index is 1240. The van der Waals surface area contributed by atoms with Crippen LogP contribution in [0.15, 0.2) is 73.1 Å². The average molecular weight is 422 g/mol. The smallest absolute Gasteiger partial charge is 0.411 e. The van der Waals surface area contributed by atoms with Gasteiger partial charge in [0.05, 0.1) is 6.20 Å². The molecule has 2 aromatic heterocycles. The number of amides is 1. The van der Waals surface area contributed by atoms with Crippen LogP contribution in [0.1, 0.15) is 16.1 Å². The summed E-state index contributed by atoms with van der Waals surface area (Å²) in [5.74, 6) is -1.06. The summed E-state index contributed by atoms with van der Waals surface area (Å²) in [5.41, 5.74) is 3.43. The number of hydrogen-bond donors (Lipinski definition) is 2. The van der Waals surface area contributed by atoms with Gasteiger partial charge in [0.1, 0.15) is 12.3 Å². The molecule has 0 bridgehead atoms. The van der Waals surface area contributed by atoms with E-state index in [4.69, 9.17) is 16.3 Å². The molecule has 7 nitrogen and oxygen atoms in total. The van der Waals surface area contributed by atoms with Crippen LogP contribution in [0.4, 0.5) is 10.5 Å². The summed E-state index contributed by atoms with van der Waals surface area (Å²) in [6.45, 7) is 0.155. The number of halogens is 1. The summed E-state index contributed by atoms with van der Waals surface area (Å²) in [7, 11) is 0. The first-order valence-corrected chi connectivity index (χ1v) is 9.36. The SMILES string of the molecule is O=C(Nc1cc(Cl)cc(-c2ccn3c(C(=O)O)cnc3c2)c1)OCc1ccccc1. The van der Waals surface area contributed by atoms with E-state index in [1.807, 2.05) is 30.3 Å². The Kier molecular flexibility index (Phi) is 5.36. The third-order valence-corrected chi connectivity index (χ3v) is 4.64. The highest BCUT2D eigenvalue weighted by Crippen LogP contribution is 2.28. The Morgan fingerprint density at radius 2 is 1.87 bits per heavy atom. The zero-order chi connectivity index (χ0) is 21.1. The molecule has 2 heterocycles. The first-order chi connectivity index (χ1) is 14.5. The van der Waals surface area contributed by atoms with E-state index >= 15 is 0 Å². The zero-order valence-corrected chi connectivity index (χ0v) is 16.3. The minimum atomic E-state index is -1.06. The summed E-state index contributed by atoms with van der Waals surface area (Å²) in [6, 6.07) is 18.0. The van der Waals surface area contributed by atoms with Crippen molar-refractivity contribution < 1.29 is 19.4 Å². The number of rotatable bonds is 5. The number of ether oxygens (including phenoxy) is 1. The Balaban J connectivity index is 1.53. The summed E-state index contributed by atoms with van der Waals surface area (Å²) in [6.07, 6.45) is 2.33. The molecule has 30 heavy (non-hydrogen) atoms. The van der Waals surface area contributed by atoms with Gasteiger partial charge in [-0.2, -0.15) is 0 Å². The van der Waals surface area contributed by atoms with Crippen molar-refractivity contribution in [1.29, 1.82) is 0 Å². The molecular weight excluding hydrogens is 406 g/mol. The van der Waals surface area contributed by atoms with Crippen LogP contribution >= 0.6 is 11.6 Å². The lowest BCUT2D eigenvalue weighted by Crippen LogP contribution is -2.13. The van der Waals surface area contributed by atoms with Gasteiger partial charge in [-0.05, 0) is 47.0 Å². The number of carboxylic acids is 1. The number of nitrogens with zero attached hydrogens (tertiary/aromatic N) is 2. The van der Waals surface area contributed by atoms with Gasteiger partial charge in [-0.25, -0.2) is 14.6 Å². The van der Waals surface area contributed by atoms with Gasteiger partial charge < -0.3 is 9.84 Å². The van der Waals surface area contributed by atoms with Crippen molar-refractivity contribution in [2.24, 2.45) is 0 Å². The molecular formula is C22H16ClN3O4. The number of aromatic carboxylic acids is 1. The quantitative estimate of drug-likeness (QED) is 0.467. The Hall–Kier alpha value is -3.84. The second-order valence-corrected chi connectivity index (χ2v) is 6.94. The van der Waals surface area contributed by atoms with Crippen molar-refractivity contribution in [3.63, 3.8) is 0 Å². The lowest BCUT2D eigenvalue weighted by atomic mass is 10.1. The van der Waals surface area contributed by atoms with Crippen molar-refractivity contribution in [3.05, 3.63) is 89.3 Å². The molecule has 0 fully saturated rings. The average Bonchev–Trinajstić information content (AvgIpc) is 3.16. The summed E-state index contributed by atoms with van der Waals surface area (Å²) < 4.78 is 6.72. The molecule has 0 spiro atoms. The van der Waals surface area contributed by atoms with Gasteiger partial charge >= 0.3 is 12.1 Å². The number of carboxylic acid groups (broad SMARTS) is 1. The molecule has 0 aliphatic heterocycles. The van der Waals surface area contributed by atoms with Crippen LogP contribution < -0.4 is 5.32 Å². The van der Waals surface area contributed by atoms with Crippen molar-refractivity contribution in [2.45, 2.75) is 6.61 Å². The monoisotopic (exact) mass is 421 g/mol. The van der Waals surface area contributed by atoms with E-state index in [1.165, 1.54) is 10.6 Å². The second-order valence-electron chi connectivity index (χ2n) is 6.51. The molecule has 0 radical (unpaired) electrons. The van der Waals surface area contributed by atoms with E-state index in [9.17, 15) is 14.7 Å². The van der Waals surface area contributed by atoms with Gasteiger partial charge in [-0.1, -0.05) is 41.9 Å². The van der Waals surface area contributed by atoms with E-state index in [-0.39, 0.29) is 12.3 Å². The van der Waals surface area contributed by atoms with Crippen LogP contribution in [0, 0.1) is 0 Å². The lowest BCUT2D eigenvalue weighted by Gasteiger charge is -2.10. The van der Waals surface area contributed by atoms with E-state index in [2.05, 4.69) is 10.3 Å². The van der Waals surface area contributed by atoms with Gasteiger partial charge in [-0.15, -0.1) is 0 Å². The zero-order valence-electron chi connectivity index (χ0n) is 15.6. The standard InChI is InChI=1S/C22H16ClN3O4/c23-17-8-16(15-6-7-26-19(21(27)28)12-24-20(26)10-15)9-18(11-17)25-22(29)30-13-14-4-2-1-3-5-14/h1-12H,13H2,(H,25,29)(H,27,28). The molecule has 8 heteroatoms. The fourth-order valence-corrected chi connectivity index (χ4v) is 3.26. The fraction of sp³-hybridized carbons (Fsp3) is 0.0455. The maximum atomic E-state index is 12.1. The maximum absolute atomic E-state index is 12.1. The van der Waals surface area contributed by atoms with Crippen LogP contribution in [0.25, 0.3) is 16.8 Å².